The van der Waals surface area contributed by atoms with Gasteiger partial charge in [0.05, 0.1) is 17.0 Å². The quantitative estimate of drug-likeness (QED) is 0.818. The van der Waals surface area contributed by atoms with Crippen LogP contribution in [0.5, 0.6) is 0 Å². The van der Waals surface area contributed by atoms with Gasteiger partial charge < -0.3 is 10.2 Å². The molecule has 0 bridgehead atoms. The standard InChI is InChI=1S/C20H25F3N6O/c1-4-14-7-17(20(21,22)23)29-18(26-14)8-16(27-29)13-5-6-28(10-13)19(30)15-9-24-12(3)25-11(15)2/h8-9,13-14,17,26H,4-7,10H2,1-3H3/t13?,14-,17-/m1/s1. The minimum atomic E-state index is -4.35. The Balaban J connectivity index is 1.54. The molecule has 10 heteroatoms. The molecule has 1 saturated heterocycles. The lowest BCUT2D eigenvalue weighted by Gasteiger charge is -2.32. The summed E-state index contributed by atoms with van der Waals surface area (Å²) in [6.45, 7) is 6.34. The summed E-state index contributed by atoms with van der Waals surface area (Å²) in [5.41, 5.74) is 1.67. The lowest BCUT2D eigenvalue weighted by atomic mass is 10.0. The number of amides is 1. The van der Waals surface area contributed by atoms with Crippen molar-refractivity contribution in [1.29, 1.82) is 0 Å². The normalized spacial score (nSPS) is 23.9. The molecular formula is C20H25F3N6O. The van der Waals surface area contributed by atoms with Crippen LogP contribution < -0.4 is 5.32 Å². The van der Waals surface area contributed by atoms with Crippen LogP contribution in [0.4, 0.5) is 19.0 Å². The van der Waals surface area contributed by atoms with Gasteiger partial charge in [-0.1, -0.05) is 6.92 Å². The van der Waals surface area contributed by atoms with E-state index >= 15 is 0 Å². The van der Waals surface area contributed by atoms with Gasteiger partial charge in [-0.2, -0.15) is 18.3 Å². The molecule has 2 aromatic heterocycles. The molecule has 0 spiro atoms. The molecule has 7 nitrogen and oxygen atoms in total. The van der Waals surface area contributed by atoms with E-state index in [0.717, 1.165) is 4.68 Å². The number of carbonyl (C=O) groups is 1. The van der Waals surface area contributed by atoms with Crippen LogP contribution in [-0.2, 0) is 0 Å². The van der Waals surface area contributed by atoms with Gasteiger partial charge in [-0.3, -0.25) is 4.79 Å². The van der Waals surface area contributed by atoms with Crippen LogP contribution in [0.2, 0.25) is 0 Å². The molecule has 0 radical (unpaired) electrons. The smallest absolute Gasteiger partial charge is 0.367 e. The fourth-order valence-corrected chi connectivity index (χ4v) is 4.29. The summed E-state index contributed by atoms with van der Waals surface area (Å²) in [4.78, 5) is 22.9. The van der Waals surface area contributed by atoms with Crippen LogP contribution in [0, 0.1) is 13.8 Å². The number of nitrogens with zero attached hydrogens (tertiary/aromatic N) is 5. The summed E-state index contributed by atoms with van der Waals surface area (Å²) >= 11 is 0. The molecule has 4 heterocycles. The number of likely N-dealkylation sites (tertiary alicyclic amines) is 1. The van der Waals surface area contributed by atoms with Gasteiger partial charge in [0.1, 0.15) is 11.6 Å². The minimum absolute atomic E-state index is 0.0316. The van der Waals surface area contributed by atoms with Gasteiger partial charge in [0.2, 0.25) is 0 Å². The summed E-state index contributed by atoms with van der Waals surface area (Å²) in [7, 11) is 0. The maximum Gasteiger partial charge on any atom is 0.410 e. The van der Waals surface area contributed by atoms with E-state index in [1.165, 1.54) is 6.20 Å². The number of hydrogen-bond acceptors (Lipinski definition) is 5. The topological polar surface area (TPSA) is 75.9 Å². The van der Waals surface area contributed by atoms with Gasteiger partial charge in [-0.05, 0) is 33.1 Å². The van der Waals surface area contributed by atoms with Crippen molar-refractivity contribution in [2.45, 2.75) is 64.2 Å². The zero-order chi connectivity index (χ0) is 21.6. The van der Waals surface area contributed by atoms with Crippen molar-refractivity contribution >= 4 is 11.7 Å². The van der Waals surface area contributed by atoms with Crippen LogP contribution in [0.15, 0.2) is 12.3 Å². The molecule has 1 unspecified atom stereocenters. The van der Waals surface area contributed by atoms with E-state index in [1.54, 1.807) is 24.8 Å². The highest BCUT2D eigenvalue weighted by molar-refractivity contribution is 5.95. The second-order valence-corrected chi connectivity index (χ2v) is 8.09. The van der Waals surface area contributed by atoms with Gasteiger partial charge in [0.25, 0.3) is 5.91 Å². The maximum absolute atomic E-state index is 13.6. The van der Waals surface area contributed by atoms with E-state index in [1.807, 2.05) is 6.92 Å². The Bertz CT molecular complexity index is 957. The number of aryl methyl sites for hydroxylation is 2. The predicted octanol–water partition coefficient (Wildman–Crippen LogP) is 3.62. The van der Waals surface area contributed by atoms with Crippen molar-refractivity contribution in [2.75, 3.05) is 18.4 Å². The third kappa shape index (κ3) is 3.75. The zero-order valence-electron chi connectivity index (χ0n) is 17.2. The summed E-state index contributed by atoms with van der Waals surface area (Å²) < 4.78 is 41.8. The van der Waals surface area contributed by atoms with Crippen molar-refractivity contribution in [3.8, 4) is 0 Å². The number of rotatable bonds is 3. The van der Waals surface area contributed by atoms with Crippen molar-refractivity contribution < 1.29 is 18.0 Å². The third-order valence-corrected chi connectivity index (χ3v) is 6.00. The Kier molecular flexibility index (Phi) is 5.19. The Hall–Kier alpha value is -2.65. The number of halogens is 3. The van der Waals surface area contributed by atoms with Gasteiger partial charge in [0.15, 0.2) is 6.04 Å². The van der Waals surface area contributed by atoms with Crippen molar-refractivity contribution in [1.82, 2.24) is 24.6 Å². The lowest BCUT2D eigenvalue weighted by molar-refractivity contribution is -0.173. The molecule has 0 aliphatic carbocycles. The van der Waals surface area contributed by atoms with Gasteiger partial charge in [-0.15, -0.1) is 0 Å². The first-order valence-corrected chi connectivity index (χ1v) is 10.2. The van der Waals surface area contributed by atoms with Gasteiger partial charge >= 0.3 is 6.18 Å². The van der Waals surface area contributed by atoms with E-state index in [-0.39, 0.29) is 24.3 Å². The second kappa shape index (κ2) is 7.55. The van der Waals surface area contributed by atoms with E-state index in [0.29, 0.717) is 54.5 Å². The van der Waals surface area contributed by atoms with Crippen LogP contribution in [0.1, 0.15) is 65.7 Å². The monoisotopic (exact) mass is 422 g/mol. The Morgan fingerprint density at radius 1 is 1.33 bits per heavy atom. The molecule has 0 aromatic carbocycles. The van der Waals surface area contributed by atoms with E-state index in [9.17, 15) is 18.0 Å². The number of fused-ring (bicyclic) bond motifs is 1. The molecule has 1 N–H and O–H groups in total. The first kappa shape index (κ1) is 20.6. The van der Waals surface area contributed by atoms with Crippen molar-refractivity contribution in [3.05, 3.63) is 35.0 Å². The number of aromatic nitrogens is 4. The summed E-state index contributed by atoms with van der Waals surface area (Å²) in [6, 6.07) is -0.154. The molecular weight excluding hydrogens is 397 g/mol. The molecule has 2 aliphatic heterocycles. The predicted molar refractivity (Wildman–Crippen MR) is 104 cm³/mol. The SMILES string of the molecule is CC[C@@H]1C[C@H](C(F)(F)F)n2nc(C3CCN(C(=O)c4cnc(C)nc4C)C3)cc2N1. The molecule has 2 aromatic rings. The summed E-state index contributed by atoms with van der Waals surface area (Å²) in [5, 5.41) is 7.49. The highest BCUT2D eigenvalue weighted by Gasteiger charge is 2.46. The highest BCUT2D eigenvalue weighted by Crippen LogP contribution is 2.41. The molecule has 2 aliphatic rings. The molecule has 0 saturated carbocycles. The Morgan fingerprint density at radius 2 is 2.10 bits per heavy atom. The largest absolute Gasteiger partial charge is 0.410 e. The summed E-state index contributed by atoms with van der Waals surface area (Å²) in [6.07, 6.45) is -1.59. The lowest BCUT2D eigenvalue weighted by Crippen LogP contribution is -2.38. The fourth-order valence-electron chi connectivity index (χ4n) is 4.29. The Labute approximate surface area is 172 Å². The highest BCUT2D eigenvalue weighted by atomic mass is 19.4. The van der Waals surface area contributed by atoms with Crippen LogP contribution in [0.3, 0.4) is 0 Å². The van der Waals surface area contributed by atoms with Crippen LogP contribution in [-0.4, -0.2) is 55.9 Å². The van der Waals surface area contributed by atoms with E-state index < -0.39 is 12.2 Å². The average molecular weight is 422 g/mol. The third-order valence-electron chi connectivity index (χ3n) is 6.00. The van der Waals surface area contributed by atoms with E-state index in [4.69, 9.17) is 0 Å². The number of alkyl halides is 3. The molecule has 1 fully saturated rings. The first-order chi connectivity index (χ1) is 14.2. The van der Waals surface area contributed by atoms with Crippen molar-refractivity contribution in [2.24, 2.45) is 0 Å². The number of carbonyl (C=O) groups excluding carboxylic acids is 1. The number of anilines is 1. The Morgan fingerprint density at radius 3 is 2.77 bits per heavy atom. The maximum atomic E-state index is 13.6. The number of hydrogen-bond donors (Lipinski definition) is 1. The number of nitrogens with one attached hydrogen (secondary N) is 1. The van der Waals surface area contributed by atoms with Gasteiger partial charge in [0, 0.05) is 37.3 Å². The molecule has 162 valence electrons. The average Bonchev–Trinajstić information content (AvgIpc) is 3.32. The second-order valence-electron chi connectivity index (χ2n) is 8.09. The van der Waals surface area contributed by atoms with Gasteiger partial charge in [-0.25, -0.2) is 14.6 Å². The molecule has 4 rings (SSSR count). The van der Waals surface area contributed by atoms with E-state index in [2.05, 4.69) is 20.4 Å². The van der Waals surface area contributed by atoms with Crippen LogP contribution >= 0.6 is 0 Å². The first-order valence-electron chi connectivity index (χ1n) is 10.2. The molecule has 1 amide bonds. The summed E-state index contributed by atoms with van der Waals surface area (Å²) in [5.74, 6) is 0.743. The van der Waals surface area contributed by atoms with Crippen LogP contribution in [0.25, 0.3) is 0 Å². The molecule has 30 heavy (non-hydrogen) atoms. The van der Waals surface area contributed by atoms with Crippen molar-refractivity contribution in [3.63, 3.8) is 0 Å². The fraction of sp³-hybridized carbons (Fsp3) is 0.600. The zero-order valence-corrected chi connectivity index (χ0v) is 17.2. The molecule has 3 atom stereocenters. The minimum Gasteiger partial charge on any atom is -0.367 e.